The SMILES string of the molecule is O=C(O)C1CNCC12Cc1ccccc1C2. The van der Waals surface area contributed by atoms with E-state index >= 15 is 0 Å². The molecule has 1 aliphatic heterocycles. The van der Waals surface area contributed by atoms with Gasteiger partial charge in [0.25, 0.3) is 0 Å². The summed E-state index contributed by atoms with van der Waals surface area (Å²) in [5.74, 6) is -0.891. The summed E-state index contributed by atoms with van der Waals surface area (Å²) in [7, 11) is 0. The number of rotatable bonds is 1. The van der Waals surface area contributed by atoms with Crippen LogP contribution in [0.1, 0.15) is 11.1 Å². The predicted molar refractivity (Wildman–Crippen MR) is 60.3 cm³/mol. The molecular formula is C13H15NO2. The van der Waals surface area contributed by atoms with Gasteiger partial charge in [-0.05, 0) is 24.0 Å². The third kappa shape index (κ3) is 1.28. The third-order valence-corrected chi connectivity index (χ3v) is 4.07. The van der Waals surface area contributed by atoms with Crippen LogP contribution in [0.2, 0.25) is 0 Å². The Balaban J connectivity index is 1.96. The van der Waals surface area contributed by atoms with Crippen LogP contribution in [-0.4, -0.2) is 24.2 Å². The summed E-state index contributed by atoms with van der Waals surface area (Å²) in [4.78, 5) is 11.3. The van der Waals surface area contributed by atoms with E-state index in [1.54, 1.807) is 0 Å². The Morgan fingerprint density at radius 3 is 2.50 bits per heavy atom. The minimum atomic E-state index is -0.655. The highest BCUT2D eigenvalue weighted by Gasteiger charge is 2.49. The van der Waals surface area contributed by atoms with Crippen molar-refractivity contribution in [2.45, 2.75) is 12.8 Å². The van der Waals surface area contributed by atoms with E-state index < -0.39 is 5.97 Å². The summed E-state index contributed by atoms with van der Waals surface area (Å²) in [5.41, 5.74) is 2.59. The Bertz CT molecular complexity index is 416. The minimum Gasteiger partial charge on any atom is -0.481 e. The van der Waals surface area contributed by atoms with E-state index in [2.05, 4.69) is 17.4 Å². The van der Waals surface area contributed by atoms with Gasteiger partial charge in [0.2, 0.25) is 0 Å². The summed E-state index contributed by atoms with van der Waals surface area (Å²) in [6.07, 6.45) is 1.82. The number of carbonyl (C=O) groups is 1. The lowest BCUT2D eigenvalue weighted by Crippen LogP contribution is -2.35. The van der Waals surface area contributed by atoms with Gasteiger partial charge >= 0.3 is 5.97 Å². The molecule has 1 unspecified atom stereocenters. The zero-order chi connectivity index (χ0) is 11.2. The van der Waals surface area contributed by atoms with Gasteiger partial charge in [-0.25, -0.2) is 0 Å². The number of fused-ring (bicyclic) bond motifs is 1. The van der Waals surface area contributed by atoms with Crippen molar-refractivity contribution in [3.05, 3.63) is 35.4 Å². The summed E-state index contributed by atoms with van der Waals surface area (Å²) in [5, 5.41) is 12.5. The van der Waals surface area contributed by atoms with Gasteiger partial charge in [-0.15, -0.1) is 0 Å². The van der Waals surface area contributed by atoms with Gasteiger partial charge in [-0.3, -0.25) is 4.79 Å². The van der Waals surface area contributed by atoms with Crippen molar-refractivity contribution >= 4 is 5.97 Å². The smallest absolute Gasteiger partial charge is 0.308 e. The lowest BCUT2D eigenvalue weighted by molar-refractivity contribution is -0.144. The summed E-state index contributed by atoms with van der Waals surface area (Å²) < 4.78 is 0. The van der Waals surface area contributed by atoms with Crippen LogP contribution in [0, 0.1) is 11.3 Å². The zero-order valence-corrected chi connectivity index (χ0v) is 9.07. The van der Waals surface area contributed by atoms with Crippen LogP contribution < -0.4 is 5.32 Å². The second-order valence-electron chi connectivity index (χ2n) is 5.01. The van der Waals surface area contributed by atoms with Gasteiger partial charge in [0.1, 0.15) is 0 Å². The molecule has 2 aliphatic rings. The molecule has 1 atom stereocenters. The van der Waals surface area contributed by atoms with Crippen LogP contribution in [0.3, 0.4) is 0 Å². The molecule has 3 heteroatoms. The second-order valence-corrected chi connectivity index (χ2v) is 5.01. The average Bonchev–Trinajstić information content (AvgIpc) is 2.81. The van der Waals surface area contributed by atoms with E-state index in [0.717, 1.165) is 19.4 Å². The van der Waals surface area contributed by atoms with Gasteiger partial charge in [0, 0.05) is 18.5 Å². The van der Waals surface area contributed by atoms with E-state index in [1.165, 1.54) is 11.1 Å². The molecule has 2 N–H and O–H groups in total. The molecule has 1 aliphatic carbocycles. The monoisotopic (exact) mass is 217 g/mol. The van der Waals surface area contributed by atoms with Gasteiger partial charge in [-0.1, -0.05) is 24.3 Å². The van der Waals surface area contributed by atoms with Crippen molar-refractivity contribution in [3.8, 4) is 0 Å². The maximum absolute atomic E-state index is 11.3. The van der Waals surface area contributed by atoms with Gasteiger partial charge < -0.3 is 10.4 Å². The zero-order valence-electron chi connectivity index (χ0n) is 9.07. The molecule has 1 spiro atoms. The molecule has 0 saturated carbocycles. The fourth-order valence-corrected chi connectivity index (χ4v) is 3.25. The van der Waals surface area contributed by atoms with Crippen molar-refractivity contribution in [1.82, 2.24) is 5.32 Å². The minimum absolute atomic E-state index is 0.0739. The summed E-state index contributed by atoms with van der Waals surface area (Å²) in [6.45, 7) is 1.45. The quantitative estimate of drug-likeness (QED) is 0.740. The number of hydrogen-bond donors (Lipinski definition) is 2. The third-order valence-electron chi connectivity index (χ3n) is 4.07. The molecule has 3 nitrogen and oxygen atoms in total. The molecule has 1 fully saturated rings. The highest BCUT2D eigenvalue weighted by molar-refractivity contribution is 5.72. The highest BCUT2D eigenvalue weighted by Crippen LogP contribution is 2.44. The second kappa shape index (κ2) is 3.32. The van der Waals surface area contributed by atoms with Gasteiger partial charge in [0.05, 0.1) is 5.92 Å². The van der Waals surface area contributed by atoms with Crippen LogP contribution in [-0.2, 0) is 17.6 Å². The van der Waals surface area contributed by atoms with Crippen LogP contribution in [0.4, 0.5) is 0 Å². The molecule has 1 saturated heterocycles. The standard InChI is InChI=1S/C13H15NO2/c15-12(16)11-7-14-8-13(11)5-9-3-1-2-4-10(9)6-13/h1-4,11,14H,5-8H2,(H,15,16). The molecule has 0 bridgehead atoms. The first-order valence-corrected chi connectivity index (χ1v) is 5.72. The maximum atomic E-state index is 11.3. The Kier molecular flexibility index (Phi) is 2.04. The molecule has 0 radical (unpaired) electrons. The first kappa shape index (κ1) is 9.85. The number of nitrogens with one attached hydrogen (secondary N) is 1. The van der Waals surface area contributed by atoms with Gasteiger partial charge in [-0.2, -0.15) is 0 Å². The first-order valence-electron chi connectivity index (χ1n) is 5.72. The topological polar surface area (TPSA) is 49.3 Å². The molecule has 3 rings (SSSR count). The molecule has 1 heterocycles. The predicted octanol–water partition coefficient (Wildman–Crippen LogP) is 1.08. The Hall–Kier alpha value is -1.35. The molecule has 84 valence electrons. The molecular weight excluding hydrogens is 202 g/mol. The van der Waals surface area contributed by atoms with Crippen LogP contribution in [0.5, 0.6) is 0 Å². The molecule has 0 aromatic heterocycles. The van der Waals surface area contributed by atoms with Crippen molar-refractivity contribution in [2.24, 2.45) is 11.3 Å². The highest BCUT2D eigenvalue weighted by atomic mass is 16.4. The molecule has 1 aromatic carbocycles. The van der Waals surface area contributed by atoms with E-state index in [0.29, 0.717) is 6.54 Å². The number of benzene rings is 1. The van der Waals surface area contributed by atoms with Crippen molar-refractivity contribution in [3.63, 3.8) is 0 Å². The lowest BCUT2D eigenvalue weighted by atomic mass is 9.75. The fourth-order valence-electron chi connectivity index (χ4n) is 3.25. The number of hydrogen-bond acceptors (Lipinski definition) is 2. The first-order chi connectivity index (χ1) is 7.71. The average molecular weight is 217 g/mol. The lowest BCUT2D eigenvalue weighted by Gasteiger charge is -2.26. The largest absolute Gasteiger partial charge is 0.481 e. The maximum Gasteiger partial charge on any atom is 0.308 e. The van der Waals surface area contributed by atoms with Crippen molar-refractivity contribution < 1.29 is 9.90 Å². The van der Waals surface area contributed by atoms with Crippen molar-refractivity contribution in [1.29, 1.82) is 0 Å². The number of carboxylic acids is 1. The Morgan fingerprint density at radius 2 is 1.94 bits per heavy atom. The van der Waals surface area contributed by atoms with E-state index in [-0.39, 0.29) is 11.3 Å². The van der Waals surface area contributed by atoms with Crippen LogP contribution in [0.15, 0.2) is 24.3 Å². The molecule has 1 aromatic rings. The molecule has 0 amide bonds. The van der Waals surface area contributed by atoms with Gasteiger partial charge in [0.15, 0.2) is 0 Å². The summed E-state index contributed by atoms with van der Waals surface area (Å²) >= 11 is 0. The summed E-state index contributed by atoms with van der Waals surface area (Å²) in [6, 6.07) is 8.33. The normalized spacial score (nSPS) is 25.9. The van der Waals surface area contributed by atoms with E-state index in [9.17, 15) is 9.90 Å². The van der Waals surface area contributed by atoms with Crippen LogP contribution >= 0.6 is 0 Å². The Morgan fingerprint density at radius 1 is 1.31 bits per heavy atom. The van der Waals surface area contributed by atoms with Crippen molar-refractivity contribution in [2.75, 3.05) is 13.1 Å². The fraction of sp³-hybridized carbons (Fsp3) is 0.462. The van der Waals surface area contributed by atoms with E-state index in [4.69, 9.17) is 0 Å². The van der Waals surface area contributed by atoms with Crippen LogP contribution in [0.25, 0.3) is 0 Å². The molecule has 16 heavy (non-hydrogen) atoms. The number of carboxylic acid groups (broad SMARTS) is 1. The number of aliphatic carboxylic acids is 1. The van der Waals surface area contributed by atoms with E-state index in [1.807, 2.05) is 12.1 Å². The Labute approximate surface area is 94.5 Å².